The van der Waals surface area contributed by atoms with Crippen molar-refractivity contribution < 1.29 is 9.18 Å². The number of nitrogens with zero attached hydrogens (tertiary/aromatic N) is 1. The highest BCUT2D eigenvalue weighted by Crippen LogP contribution is 2.39. The largest absolute Gasteiger partial charge is 0.390 e. The summed E-state index contributed by atoms with van der Waals surface area (Å²) in [6.45, 7) is 7.48. The lowest BCUT2D eigenvalue weighted by atomic mass is 10.0. The van der Waals surface area contributed by atoms with Gasteiger partial charge in [-0.25, -0.2) is 4.39 Å². The van der Waals surface area contributed by atoms with Crippen molar-refractivity contribution in [3.8, 4) is 11.1 Å². The molecule has 0 aliphatic carbocycles. The lowest BCUT2D eigenvalue weighted by Crippen LogP contribution is -2.33. The molecule has 5 heteroatoms. The quantitative estimate of drug-likeness (QED) is 0.832. The normalized spacial score (nSPS) is 10.8. The second-order valence-electron chi connectivity index (χ2n) is 5.57. The van der Waals surface area contributed by atoms with Crippen molar-refractivity contribution in [3.05, 3.63) is 40.5 Å². The Morgan fingerprint density at radius 1 is 1.17 bits per heavy atom. The average molecular weight is 334 g/mol. The molecule has 124 valence electrons. The summed E-state index contributed by atoms with van der Waals surface area (Å²) in [5, 5.41) is 0.532. The predicted molar refractivity (Wildman–Crippen MR) is 95.3 cm³/mol. The average Bonchev–Trinajstić information content (AvgIpc) is 2.81. The summed E-state index contributed by atoms with van der Waals surface area (Å²) in [7, 11) is 0. The van der Waals surface area contributed by atoms with Gasteiger partial charge in [0.1, 0.15) is 5.82 Å². The van der Waals surface area contributed by atoms with E-state index in [-0.39, 0.29) is 11.7 Å². The molecule has 1 amide bonds. The standard InChI is InChI=1S/C18H23FN2OS/c1-4-10-21(11-5-2)18(22)16-15(12(3)23-17(16)20)13-6-8-14(19)9-7-13/h6-9H,4-5,10-11,20H2,1-3H3. The van der Waals surface area contributed by atoms with Gasteiger partial charge in [0.2, 0.25) is 0 Å². The molecular formula is C18H23FN2OS. The van der Waals surface area contributed by atoms with Gasteiger partial charge >= 0.3 is 0 Å². The van der Waals surface area contributed by atoms with Gasteiger partial charge in [0, 0.05) is 23.5 Å². The van der Waals surface area contributed by atoms with Crippen LogP contribution in [0.5, 0.6) is 0 Å². The zero-order chi connectivity index (χ0) is 17.0. The summed E-state index contributed by atoms with van der Waals surface area (Å²) >= 11 is 1.41. The van der Waals surface area contributed by atoms with Crippen molar-refractivity contribution in [2.75, 3.05) is 18.8 Å². The van der Waals surface area contributed by atoms with Gasteiger partial charge in [0.15, 0.2) is 0 Å². The Kier molecular flexibility index (Phi) is 5.77. The first kappa shape index (κ1) is 17.5. The maximum absolute atomic E-state index is 13.2. The van der Waals surface area contributed by atoms with Crippen molar-refractivity contribution in [1.82, 2.24) is 4.90 Å². The smallest absolute Gasteiger partial charge is 0.257 e. The van der Waals surface area contributed by atoms with Crippen molar-refractivity contribution in [2.24, 2.45) is 0 Å². The summed E-state index contributed by atoms with van der Waals surface area (Å²) in [5.74, 6) is -0.323. The highest BCUT2D eigenvalue weighted by Gasteiger charge is 2.25. The van der Waals surface area contributed by atoms with Gasteiger partial charge in [0.25, 0.3) is 5.91 Å². The molecule has 3 nitrogen and oxygen atoms in total. The minimum atomic E-state index is -0.291. The number of aryl methyl sites for hydroxylation is 1. The van der Waals surface area contributed by atoms with E-state index in [0.717, 1.165) is 28.8 Å². The minimum Gasteiger partial charge on any atom is -0.390 e. The molecule has 23 heavy (non-hydrogen) atoms. The van der Waals surface area contributed by atoms with E-state index in [1.165, 1.54) is 23.5 Å². The van der Waals surface area contributed by atoms with Gasteiger partial charge in [-0.1, -0.05) is 26.0 Å². The molecule has 2 N–H and O–H groups in total. The molecule has 0 aliphatic heterocycles. The SMILES string of the molecule is CCCN(CCC)C(=O)c1c(N)sc(C)c1-c1ccc(F)cc1. The number of anilines is 1. The van der Waals surface area contributed by atoms with E-state index in [4.69, 9.17) is 5.73 Å². The van der Waals surface area contributed by atoms with Crippen LogP contribution in [0.1, 0.15) is 41.9 Å². The number of thiophene rings is 1. The highest BCUT2D eigenvalue weighted by atomic mass is 32.1. The lowest BCUT2D eigenvalue weighted by Gasteiger charge is -2.22. The number of carbonyl (C=O) groups excluding carboxylic acids is 1. The minimum absolute atomic E-state index is 0.0325. The fraction of sp³-hybridized carbons (Fsp3) is 0.389. The number of halogens is 1. The summed E-state index contributed by atoms with van der Waals surface area (Å²) in [6, 6.07) is 6.22. The van der Waals surface area contributed by atoms with Crippen molar-refractivity contribution in [3.63, 3.8) is 0 Å². The molecule has 0 saturated carbocycles. The fourth-order valence-corrected chi connectivity index (χ4v) is 3.70. The molecule has 0 radical (unpaired) electrons. The monoisotopic (exact) mass is 334 g/mol. The Hall–Kier alpha value is -1.88. The Morgan fingerprint density at radius 2 is 1.74 bits per heavy atom. The third kappa shape index (κ3) is 3.72. The molecule has 1 aromatic carbocycles. The van der Waals surface area contributed by atoms with Crippen LogP contribution in [0, 0.1) is 12.7 Å². The Balaban J connectivity index is 2.49. The second-order valence-corrected chi connectivity index (χ2v) is 6.83. The van der Waals surface area contributed by atoms with Crippen LogP contribution in [-0.4, -0.2) is 23.9 Å². The first-order chi connectivity index (χ1) is 11.0. The summed E-state index contributed by atoms with van der Waals surface area (Å²) in [5.41, 5.74) is 8.35. The van der Waals surface area contributed by atoms with Gasteiger partial charge in [0.05, 0.1) is 10.6 Å². The maximum atomic E-state index is 13.2. The number of nitrogen functional groups attached to an aromatic ring is 1. The number of hydrogen-bond donors (Lipinski definition) is 1. The molecule has 0 atom stereocenters. The predicted octanol–water partition coefficient (Wildman–Crippen LogP) is 4.71. The zero-order valence-corrected chi connectivity index (χ0v) is 14.7. The number of hydrogen-bond acceptors (Lipinski definition) is 3. The lowest BCUT2D eigenvalue weighted by molar-refractivity contribution is 0.0758. The van der Waals surface area contributed by atoms with Gasteiger partial charge in [-0.15, -0.1) is 11.3 Å². The van der Waals surface area contributed by atoms with Crippen LogP contribution >= 0.6 is 11.3 Å². The third-order valence-electron chi connectivity index (χ3n) is 3.73. The molecule has 2 aromatic rings. The number of rotatable bonds is 6. The van der Waals surface area contributed by atoms with E-state index in [1.807, 2.05) is 11.8 Å². The van der Waals surface area contributed by atoms with Crippen LogP contribution in [0.25, 0.3) is 11.1 Å². The Bertz CT molecular complexity index is 673. The number of amides is 1. The van der Waals surface area contributed by atoms with Gasteiger partial charge in [-0.3, -0.25) is 4.79 Å². The van der Waals surface area contributed by atoms with Crippen LogP contribution in [0.15, 0.2) is 24.3 Å². The first-order valence-corrected chi connectivity index (χ1v) is 8.75. The fourth-order valence-electron chi connectivity index (χ4n) is 2.76. The summed E-state index contributed by atoms with van der Waals surface area (Å²) < 4.78 is 13.2. The van der Waals surface area contributed by atoms with E-state index >= 15 is 0 Å². The third-order valence-corrected chi connectivity index (χ3v) is 4.67. The van der Waals surface area contributed by atoms with Crippen LogP contribution in [-0.2, 0) is 0 Å². The van der Waals surface area contributed by atoms with Crippen molar-refractivity contribution in [2.45, 2.75) is 33.6 Å². The Labute approximate surface area is 140 Å². The molecule has 0 unspecified atom stereocenters. The zero-order valence-electron chi connectivity index (χ0n) is 13.9. The number of carbonyl (C=O) groups is 1. The molecular weight excluding hydrogens is 311 g/mol. The van der Waals surface area contributed by atoms with E-state index in [2.05, 4.69) is 13.8 Å². The van der Waals surface area contributed by atoms with E-state index in [0.29, 0.717) is 23.7 Å². The summed E-state index contributed by atoms with van der Waals surface area (Å²) in [4.78, 5) is 15.8. The summed E-state index contributed by atoms with van der Waals surface area (Å²) in [6.07, 6.45) is 1.81. The van der Waals surface area contributed by atoms with Crippen molar-refractivity contribution in [1.29, 1.82) is 0 Å². The maximum Gasteiger partial charge on any atom is 0.257 e. The molecule has 1 heterocycles. The number of nitrogens with two attached hydrogens (primary N) is 1. The second kappa shape index (κ2) is 7.59. The van der Waals surface area contributed by atoms with Crippen molar-refractivity contribution >= 4 is 22.2 Å². The highest BCUT2D eigenvalue weighted by molar-refractivity contribution is 7.16. The molecule has 1 aromatic heterocycles. The van der Waals surface area contributed by atoms with Gasteiger partial charge in [-0.05, 0) is 37.5 Å². The molecule has 0 spiro atoms. The molecule has 0 aliphatic rings. The van der Waals surface area contributed by atoms with Gasteiger partial charge in [-0.2, -0.15) is 0 Å². The molecule has 2 rings (SSSR count). The van der Waals surface area contributed by atoms with Gasteiger partial charge < -0.3 is 10.6 Å². The topological polar surface area (TPSA) is 46.3 Å². The number of benzene rings is 1. The van der Waals surface area contributed by atoms with Crippen LogP contribution in [0.4, 0.5) is 9.39 Å². The van der Waals surface area contributed by atoms with Crippen LogP contribution in [0.2, 0.25) is 0 Å². The van der Waals surface area contributed by atoms with E-state index in [1.54, 1.807) is 12.1 Å². The van der Waals surface area contributed by atoms with Crippen LogP contribution < -0.4 is 5.73 Å². The molecule has 0 bridgehead atoms. The molecule has 0 saturated heterocycles. The molecule has 0 fully saturated rings. The van der Waals surface area contributed by atoms with E-state index < -0.39 is 0 Å². The Morgan fingerprint density at radius 3 is 2.26 bits per heavy atom. The first-order valence-electron chi connectivity index (χ1n) is 7.93. The van der Waals surface area contributed by atoms with E-state index in [9.17, 15) is 9.18 Å². The van der Waals surface area contributed by atoms with Crippen LogP contribution in [0.3, 0.4) is 0 Å².